The fourth-order valence-electron chi connectivity index (χ4n) is 3.12. The fraction of sp³-hybridized carbons (Fsp3) is 0.611. The molecule has 0 heterocycles. The van der Waals surface area contributed by atoms with E-state index in [0.29, 0.717) is 0 Å². The summed E-state index contributed by atoms with van der Waals surface area (Å²) in [6, 6.07) is 6.46. The zero-order chi connectivity index (χ0) is 18.7. The minimum Gasteiger partial charge on any atom is -0.350 e. The molecular weight excluding hydrogens is 404 g/mol. The van der Waals surface area contributed by atoms with Crippen LogP contribution in [-0.4, -0.2) is 36.8 Å². The van der Waals surface area contributed by atoms with Crippen LogP contribution in [0.1, 0.15) is 52.9 Å². The van der Waals surface area contributed by atoms with Gasteiger partial charge in [0.05, 0.1) is 11.4 Å². The third-order valence-corrected chi connectivity index (χ3v) is 6.66. The van der Waals surface area contributed by atoms with E-state index in [1.165, 1.54) is 4.31 Å². The summed E-state index contributed by atoms with van der Waals surface area (Å²) < 4.78 is 28.6. The van der Waals surface area contributed by atoms with E-state index < -0.39 is 15.6 Å². The summed E-state index contributed by atoms with van der Waals surface area (Å²) in [5.74, 6) is -0.265. The highest BCUT2D eigenvalue weighted by Gasteiger charge is 2.34. The smallest absolute Gasteiger partial charge is 0.243 e. The average molecular weight is 431 g/mol. The summed E-state index contributed by atoms with van der Waals surface area (Å²) in [5.41, 5.74) is -0.392. The van der Waals surface area contributed by atoms with Gasteiger partial charge in [-0.1, -0.05) is 35.2 Å². The summed E-state index contributed by atoms with van der Waals surface area (Å²) in [4.78, 5) is 12.6. The number of halogens is 1. The molecule has 1 aliphatic rings. The zero-order valence-corrected chi connectivity index (χ0v) is 17.5. The van der Waals surface area contributed by atoms with Gasteiger partial charge in [-0.2, -0.15) is 4.31 Å². The number of carbonyl (C=O) groups is 1. The van der Waals surface area contributed by atoms with Crippen LogP contribution in [-0.2, 0) is 14.8 Å². The van der Waals surface area contributed by atoms with Crippen LogP contribution in [0.2, 0.25) is 0 Å². The Balaban J connectivity index is 2.29. The lowest BCUT2D eigenvalue weighted by Crippen LogP contribution is -2.50. The normalized spacial score (nSPS) is 16.8. The molecule has 1 saturated carbocycles. The van der Waals surface area contributed by atoms with Crippen molar-refractivity contribution in [2.24, 2.45) is 0 Å². The number of hydrogen-bond donors (Lipinski definition) is 1. The molecule has 0 saturated heterocycles. The molecule has 0 spiro atoms. The van der Waals surface area contributed by atoms with Gasteiger partial charge in [0.1, 0.15) is 0 Å². The van der Waals surface area contributed by atoms with Crippen molar-refractivity contribution in [1.82, 2.24) is 9.62 Å². The van der Waals surface area contributed by atoms with Crippen LogP contribution in [0.25, 0.3) is 0 Å². The van der Waals surface area contributed by atoms with Gasteiger partial charge in [0.15, 0.2) is 0 Å². The van der Waals surface area contributed by atoms with E-state index in [4.69, 9.17) is 0 Å². The quantitative estimate of drug-likeness (QED) is 0.774. The number of hydrogen-bond acceptors (Lipinski definition) is 3. The molecule has 1 amide bonds. The minimum atomic E-state index is -3.72. The van der Waals surface area contributed by atoms with Crippen molar-refractivity contribution in [3.8, 4) is 0 Å². The molecule has 1 aliphatic carbocycles. The standard InChI is InChI=1S/C18H27BrN2O3S/c1-18(2,3)20-17(22)13-21(15-7-5-4-6-8-15)25(23,24)16-11-9-14(19)10-12-16/h9-12,15H,4-8,13H2,1-3H3,(H,20,22). The SMILES string of the molecule is CC(C)(C)NC(=O)CN(C1CCCCC1)S(=O)(=O)c1ccc(Br)cc1. The fourth-order valence-corrected chi connectivity index (χ4v) is 5.03. The van der Waals surface area contributed by atoms with Crippen molar-refractivity contribution in [3.63, 3.8) is 0 Å². The van der Waals surface area contributed by atoms with Crippen LogP contribution in [0.3, 0.4) is 0 Å². The Morgan fingerprint density at radius 3 is 2.24 bits per heavy atom. The third-order valence-electron chi connectivity index (χ3n) is 4.22. The molecule has 0 radical (unpaired) electrons. The molecule has 25 heavy (non-hydrogen) atoms. The summed E-state index contributed by atoms with van der Waals surface area (Å²) >= 11 is 3.33. The molecule has 0 aliphatic heterocycles. The van der Waals surface area contributed by atoms with Crippen molar-refractivity contribution in [3.05, 3.63) is 28.7 Å². The lowest BCUT2D eigenvalue weighted by Gasteiger charge is -2.33. The molecule has 1 fully saturated rings. The molecule has 0 atom stereocenters. The van der Waals surface area contributed by atoms with E-state index in [-0.39, 0.29) is 23.4 Å². The Bertz CT molecular complexity index is 690. The van der Waals surface area contributed by atoms with E-state index >= 15 is 0 Å². The first-order chi connectivity index (χ1) is 11.6. The molecule has 1 aromatic rings. The zero-order valence-electron chi connectivity index (χ0n) is 15.1. The molecule has 0 bridgehead atoms. The highest BCUT2D eigenvalue weighted by Crippen LogP contribution is 2.28. The van der Waals surface area contributed by atoms with Gasteiger partial charge in [-0.3, -0.25) is 4.79 Å². The van der Waals surface area contributed by atoms with E-state index in [2.05, 4.69) is 21.2 Å². The summed E-state index contributed by atoms with van der Waals surface area (Å²) in [6.45, 7) is 5.53. The maximum absolute atomic E-state index is 13.2. The lowest BCUT2D eigenvalue weighted by atomic mass is 9.95. The second kappa shape index (κ2) is 8.18. The second-order valence-electron chi connectivity index (χ2n) is 7.59. The van der Waals surface area contributed by atoms with Crippen LogP contribution in [0.5, 0.6) is 0 Å². The third kappa shape index (κ3) is 5.79. The molecule has 140 valence electrons. The first-order valence-electron chi connectivity index (χ1n) is 8.68. The van der Waals surface area contributed by atoms with Gasteiger partial charge in [-0.25, -0.2) is 8.42 Å². The molecule has 1 N–H and O–H groups in total. The highest BCUT2D eigenvalue weighted by atomic mass is 79.9. The molecule has 5 nitrogen and oxygen atoms in total. The van der Waals surface area contributed by atoms with Gasteiger partial charge < -0.3 is 5.32 Å². The molecule has 1 aromatic carbocycles. The minimum absolute atomic E-state index is 0.117. The monoisotopic (exact) mass is 430 g/mol. The number of rotatable bonds is 5. The average Bonchev–Trinajstić information content (AvgIpc) is 2.52. The topological polar surface area (TPSA) is 66.5 Å². The van der Waals surface area contributed by atoms with Gasteiger partial charge in [-0.05, 0) is 57.9 Å². The molecule has 2 rings (SSSR count). The molecular formula is C18H27BrN2O3S. The maximum Gasteiger partial charge on any atom is 0.243 e. The van der Waals surface area contributed by atoms with Crippen LogP contribution >= 0.6 is 15.9 Å². The Hall–Kier alpha value is -0.920. The van der Waals surface area contributed by atoms with Crippen molar-refractivity contribution >= 4 is 31.9 Å². The molecule has 7 heteroatoms. The molecule has 0 aromatic heterocycles. The number of sulfonamides is 1. The van der Waals surface area contributed by atoms with E-state index in [1.807, 2.05) is 20.8 Å². The largest absolute Gasteiger partial charge is 0.350 e. The van der Waals surface area contributed by atoms with Gasteiger partial charge in [0.2, 0.25) is 15.9 Å². The number of carbonyl (C=O) groups excluding carboxylic acids is 1. The van der Waals surface area contributed by atoms with Gasteiger partial charge >= 0.3 is 0 Å². The van der Waals surface area contributed by atoms with Crippen LogP contribution in [0.4, 0.5) is 0 Å². The Labute approximate surface area is 159 Å². The van der Waals surface area contributed by atoms with Crippen LogP contribution in [0.15, 0.2) is 33.6 Å². The summed E-state index contributed by atoms with van der Waals surface area (Å²) in [5, 5.41) is 2.87. The van der Waals surface area contributed by atoms with E-state index in [9.17, 15) is 13.2 Å². The lowest BCUT2D eigenvalue weighted by molar-refractivity contribution is -0.123. The molecule has 0 unspecified atom stereocenters. The number of nitrogens with one attached hydrogen (secondary N) is 1. The second-order valence-corrected chi connectivity index (χ2v) is 10.4. The van der Waals surface area contributed by atoms with Gasteiger partial charge in [0, 0.05) is 16.1 Å². The predicted molar refractivity (Wildman–Crippen MR) is 103 cm³/mol. The summed E-state index contributed by atoms with van der Waals surface area (Å²) in [6.07, 6.45) is 4.73. The van der Waals surface area contributed by atoms with Gasteiger partial charge in [-0.15, -0.1) is 0 Å². The van der Waals surface area contributed by atoms with E-state index in [1.54, 1.807) is 24.3 Å². The van der Waals surface area contributed by atoms with Crippen molar-refractivity contribution in [1.29, 1.82) is 0 Å². The Morgan fingerprint density at radius 2 is 1.72 bits per heavy atom. The Kier molecular flexibility index (Phi) is 6.68. The summed E-state index contributed by atoms with van der Waals surface area (Å²) in [7, 11) is -3.72. The first kappa shape index (κ1) is 20.4. The van der Waals surface area contributed by atoms with E-state index in [0.717, 1.165) is 36.6 Å². The van der Waals surface area contributed by atoms with Gasteiger partial charge in [0.25, 0.3) is 0 Å². The van der Waals surface area contributed by atoms with Crippen molar-refractivity contribution in [2.75, 3.05) is 6.54 Å². The predicted octanol–water partition coefficient (Wildman–Crippen LogP) is 3.69. The maximum atomic E-state index is 13.2. The van der Waals surface area contributed by atoms with Crippen molar-refractivity contribution < 1.29 is 13.2 Å². The first-order valence-corrected chi connectivity index (χ1v) is 10.9. The Morgan fingerprint density at radius 1 is 1.16 bits per heavy atom. The number of amides is 1. The van der Waals surface area contributed by atoms with Crippen LogP contribution in [0, 0.1) is 0 Å². The number of nitrogens with zero attached hydrogens (tertiary/aromatic N) is 1. The number of benzene rings is 1. The highest BCUT2D eigenvalue weighted by molar-refractivity contribution is 9.10. The van der Waals surface area contributed by atoms with Crippen LogP contribution < -0.4 is 5.32 Å². The van der Waals surface area contributed by atoms with Crippen molar-refractivity contribution in [2.45, 2.75) is 69.4 Å².